The van der Waals surface area contributed by atoms with Crippen molar-refractivity contribution < 1.29 is 0 Å². The zero-order valence-electron chi connectivity index (χ0n) is 12.7. The van der Waals surface area contributed by atoms with Crippen LogP contribution in [-0.2, 0) is 0 Å². The van der Waals surface area contributed by atoms with Crippen molar-refractivity contribution >= 4 is 0 Å². The maximum absolute atomic E-state index is 3.67. The van der Waals surface area contributed by atoms with Gasteiger partial charge in [0.1, 0.15) is 0 Å². The quantitative estimate of drug-likeness (QED) is 0.466. The van der Waals surface area contributed by atoms with Crippen molar-refractivity contribution in [2.24, 2.45) is 5.92 Å². The summed E-state index contributed by atoms with van der Waals surface area (Å²) in [6.07, 6.45) is 12.5. The first-order chi connectivity index (χ1) is 8.28. The minimum Gasteiger partial charge on any atom is -0.314 e. The molecule has 0 aromatic heterocycles. The van der Waals surface area contributed by atoms with Crippen molar-refractivity contribution in [3.63, 3.8) is 0 Å². The van der Waals surface area contributed by atoms with Crippen LogP contribution in [0.4, 0.5) is 0 Å². The summed E-state index contributed by atoms with van der Waals surface area (Å²) in [5.41, 5.74) is 0. The maximum Gasteiger partial charge on any atom is 0.00695 e. The molecule has 1 heteroatoms. The van der Waals surface area contributed by atoms with Gasteiger partial charge in [0.15, 0.2) is 0 Å². The van der Waals surface area contributed by atoms with E-state index in [4.69, 9.17) is 0 Å². The zero-order chi connectivity index (χ0) is 12.9. The smallest absolute Gasteiger partial charge is 0.00695 e. The highest BCUT2D eigenvalue weighted by Crippen LogP contribution is 2.18. The summed E-state index contributed by atoms with van der Waals surface area (Å²) in [5, 5.41) is 3.67. The predicted molar refractivity (Wildman–Crippen MR) is 79.5 cm³/mol. The van der Waals surface area contributed by atoms with E-state index in [2.05, 4.69) is 33.0 Å². The van der Waals surface area contributed by atoms with Crippen molar-refractivity contribution in [3.8, 4) is 0 Å². The van der Waals surface area contributed by atoms with E-state index in [1.165, 1.54) is 57.8 Å². The molecule has 0 rings (SSSR count). The summed E-state index contributed by atoms with van der Waals surface area (Å²) < 4.78 is 0. The molecule has 0 saturated heterocycles. The Morgan fingerprint density at radius 2 is 1.47 bits per heavy atom. The van der Waals surface area contributed by atoms with Crippen molar-refractivity contribution in [1.29, 1.82) is 0 Å². The summed E-state index contributed by atoms with van der Waals surface area (Å²) in [6, 6.07) is 0.770. The summed E-state index contributed by atoms with van der Waals surface area (Å²) in [5.74, 6) is 0.926. The van der Waals surface area contributed by atoms with Crippen LogP contribution in [0.2, 0.25) is 0 Å². The fraction of sp³-hybridized carbons (Fsp3) is 1.00. The Labute approximate surface area is 110 Å². The van der Waals surface area contributed by atoms with Gasteiger partial charge in [0.2, 0.25) is 0 Å². The molecule has 0 amide bonds. The van der Waals surface area contributed by atoms with Gasteiger partial charge in [0, 0.05) is 6.04 Å². The molecule has 1 atom stereocenters. The first kappa shape index (κ1) is 17.0. The molecule has 0 saturated carbocycles. The fourth-order valence-corrected chi connectivity index (χ4v) is 2.61. The van der Waals surface area contributed by atoms with Crippen LogP contribution in [-0.4, -0.2) is 12.6 Å². The minimum atomic E-state index is 0.770. The molecule has 0 spiro atoms. The van der Waals surface area contributed by atoms with E-state index in [1.807, 2.05) is 0 Å². The molecule has 0 aromatic rings. The first-order valence-corrected chi connectivity index (χ1v) is 8.01. The van der Waals surface area contributed by atoms with E-state index < -0.39 is 0 Å². The fourth-order valence-electron chi connectivity index (χ4n) is 2.61. The highest BCUT2D eigenvalue weighted by atomic mass is 14.9. The van der Waals surface area contributed by atoms with Crippen LogP contribution < -0.4 is 5.32 Å². The number of nitrogens with one attached hydrogen (secondary N) is 1. The molecule has 1 nitrogen and oxygen atoms in total. The van der Waals surface area contributed by atoms with E-state index in [0.717, 1.165) is 18.5 Å². The standard InChI is InChI=1S/C16H35N/c1-5-9-10-11-12-13-16(17-8-4)14-15(6-2)7-3/h15-17H,5-14H2,1-4H3. The van der Waals surface area contributed by atoms with Gasteiger partial charge in [-0.3, -0.25) is 0 Å². The molecule has 17 heavy (non-hydrogen) atoms. The molecule has 0 radical (unpaired) electrons. The second-order valence-corrected chi connectivity index (χ2v) is 5.38. The Hall–Kier alpha value is -0.0400. The van der Waals surface area contributed by atoms with Crippen LogP contribution in [0.5, 0.6) is 0 Å². The second-order valence-electron chi connectivity index (χ2n) is 5.38. The Balaban J connectivity index is 3.73. The molecular formula is C16H35N. The average Bonchev–Trinajstić information content (AvgIpc) is 2.35. The normalized spacial score (nSPS) is 13.2. The molecule has 1 N–H and O–H groups in total. The van der Waals surface area contributed by atoms with Crippen LogP contribution in [0.3, 0.4) is 0 Å². The average molecular weight is 241 g/mol. The van der Waals surface area contributed by atoms with Gasteiger partial charge in [-0.1, -0.05) is 72.6 Å². The maximum atomic E-state index is 3.67. The molecule has 104 valence electrons. The van der Waals surface area contributed by atoms with Crippen molar-refractivity contribution in [2.75, 3.05) is 6.54 Å². The third-order valence-corrected chi connectivity index (χ3v) is 3.92. The van der Waals surface area contributed by atoms with Crippen LogP contribution >= 0.6 is 0 Å². The van der Waals surface area contributed by atoms with Gasteiger partial charge >= 0.3 is 0 Å². The van der Waals surface area contributed by atoms with Crippen molar-refractivity contribution in [1.82, 2.24) is 5.32 Å². The van der Waals surface area contributed by atoms with Crippen LogP contribution in [0, 0.1) is 5.92 Å². The molecule has 1 unspecified atom stereocenters. The Bertz CT molecular complexity index is 140. The largest absolute Gasteiger partial charge is 0.314 e. The van der Waals surface area contributed by atoms with Crippen LogP contribution in [0.1, 0.15) is 85.5 Å². The lowest BCUT2D eigenvalue weighted by Gasteiger charge is -2.22. The molecule has 0 fully saturated rings. The Kier molecular flexibility index (Phi) is 12.4. The van der Waals surface area contributed by atoms with Crippen molar-refractivity contribution in [3.05, 3.63) is 0 Å². The molecule has 0 aliphatic rings. The summed E-state index contributed by atoms with van der Waals surface area (Å²) >= 11 is 0. The van der Waals surface area contributed by atoms with Crippen LogP contribution in [0.25, 0.3) is 0 Å². The van der Waals surface area contributed by atoms with E-state index >= 15 is 0 Å². The molecule has 0 heterocycles. The molecule has 0 bridgehead atoms. The van der Waals surface area contributed by atoms with Gasteiger partial charge in [-0.25, -0.2) is 0 Å². The predicted octanol–water partition coefficient (Wildman–Crippen LogP) is 5.15. The van der Waals surface area contributed by atoms with Gasteiger partial charge in [-0.05, 0) is 25.3 Å². The monoisotopic (exact) mass is 241 g/mol. The van der Waals surface area contributed by atoms with E-state index in [9.17, 15) is 0 Å². The summed E-state index contributed by atoms with van der Waals surface area (Å²) in [7, 11) is 0. The van der Waals surface area contributed by atoms with E-state index in [0.29, 0.717) is 0 Å². The number of hydrogen-bond donors (Lipinski definition) is 1. The van der Waals surface area contributed by atoms with Gasteiger partial charge in [-0.2, -0.15) is 0 Å². The Morgan fingerprint density at radius 3 is 2.00 bits per heavy atom. The van der Waals surface area contributed by atoms with Gasteiger partial charge in [-0.15, -0.1) is 0 Å². The molecular weight excluding hydrogens is 206 g/mol. The molecule has 0 aliphatic heterocycles. The Morgan fingerprint density at radius 1 is 0.824 bits per heavy atom. The van der Waals surface area contributed by atoms with Gasteiger partial charge < -0.3 is 5.32 Å². The van der Waals surface area contributed by atoms with Crippen LogP contribution in [0.15, 0.2) is 0 Å². The lowest BCUT2D eigenvalue weighted by atomic mass is 9.92. The number of unbranched alkanes of at least 4 members (excludes halogenated alkanes) is 4. The summed E-state index contributed by atoms with van der Waals surface area (Å²) in [6.45, 7) is 10.3. The molecule has 0 aliphatic carbocycles. The third-order valence-electron chi connectivity index (χ3n) is 3.92. The number of hydrogen-bond acceptors (Lipinski definition) is 1. The highest BCUT2D eigenvalue weighted by Gasteiger charge is 2.12. The first-order valence-electron chi connectivity index (χ1n) is 8.01. The molecule has 0 aromatic carbocycles. The van der Waals surface area contributed by atoms with Crippen molar-refractivity contribution in [2.45, 2.75) is 91.5 Å². The second kappa shape index (κ2) is 12.4. The minimum absolute atomic E-state index is 0.770. The third kappa shape index (κ3) is 9.64. The lowest BCUT2D eigenvalue weighted by molar-refractivity contribution is 0.347. The van der Waals surface area contributed by atoms with Gasteiger partial charge in [0.05, 0.1) is 0 Å². The van der Waals surface area contributed by atoms with Gasteiger partial charge in [0.25, 0.3) is 0 Å². The zero-order valence-corrected chi connectivity index (χ0v) is 12.7. The lowest BCUT2D eigenvalue weighted by Crippen LogP contribution is -2.30. The highest BCUT2D eigenvalue weighted by molar-refractivity contribution is 4.70. The summed E-state index contributed by atoms with van der Waals surface area (Å²) in [4.78, 5) is 0. The number of rotatable bonds is 12. The topological polar surface area (TPSA) is 12.0 Å². The van der Waals surface area contributed by atoms with E-state index in [-0.39, 0.29) is 0 Å². The van der Waals surface area contributed by atoms with E-state index in [1.54, 1.807) is 0 Å². The SMILES string of the molecule is CCCCCCCC(CC(CC)CC)NCC.